The Bertz CT molecular complexity index is 379. The minimum Gasteiger partial charge on any atom is -0.409 e. The van der Waals surface area contributed by atoms with E-state index >= 15 is 0 Å². The molecule has 1 aromatic rings. The lowest BCUT2D eigenvalue weighted by molar-refractivity contribution is 0.0935. The van der Waals surface area contributed by atoms with Gasteiger partial charge in [0.25, 0.3) is 5.91 Å². The summed E-state index contributed by atoms with van der Waals surface area (Å²) in [5.74, 6) is -0.279. The van der Waals surface area contributed by atoms with Gasteiger partial charge < -0.3 is 16.3 Å². The minimum atomic E-state index is -0.341. The van der Waals surface area contributed by atoms with Gasteiger partial charge in [-0.25, -0.2) is 4.98 Å². The van der Waals surface area contributed by atoms with E-state index in [0.29, 0.717) is 0 Å². The molecular formula is C9H13N5O2. The first-order valence-corrected chi connectivity index (χ1v) is 4.66. The van der Waals surface area contributed by atoms with Crippen molar-refractivity contribution >= 4 is 11.7 Å². The van der Waals surface area contributed by atoms with Gasteiger partial charge in [-0.3, -0.25) is 9.78 Å². The molecule has 4 N–H and O–H groups in total. The Labute approximate surface area is 92.4 Å². The summed E-state index contributed by atoms with van der Waals surface area (Å²) in [6.07, 6.45) is 4.55. The summed E-state index contributed by atoms with van der Waals surface area (Å²) in [6, 6.07) is -0.245. The van der Waals surface area contributed by atoms with Gasteiger partial charge in [-0.2, -0.15) is 0 Å². The summed E-state index contributed by atoms with van der Waals surface area (Å²) in [6.45, 7) is 1.74. The van der Waals surface area contributed by atoms with E-state index in [1.165, 1.54) is 18.6 Å². The molecule has 1 rings (SSSR count). The molecule has 1 amide bonds. The molecular weight excluding hydrogens is 210 g/mol. The number of aromatic nitrogens is 2. The lowest BCUT2D eigenvalue weighted by atomic mass is 10.2. The molecule has 0 bridgehead atoms. The average molecular weight is 223 g/mol. The summed E-state index contributed by atoms with van der Waals surface area (Å²) in [5, 5.41) is 13.8. The van der Waals surface area contributed by atoms with E-state index in [2.05, 4.69) is 20.4 Å². The zero-order chi connectivity index (χ0) is 12.0. The van der Waals surface area contributed by atoms with Crippen molar-refractivity contribution < 1.29 is 10.0 Å². The SMILES string of the molecule is CC(CC(N)=NO)NC(=O)c1cnccn1. The second-order valence-electron chi connectivity index (χ2n) is 3.26. The Kier molecular flexibility index (Phi) is 4.19. The Morgan fingerprint density at radius 1 is 1.69 bits per heavy atom. The van der Waals surface area contributed by atoms with E-state index in [9.17, 15) is 4.79 Å². The first-order valence-electron chi connectivity index (χ1n) is 4.66. The van der Waals surface area contributed by atoms with Crippen molar-refractivity contribution in [2.24, 2.45) is 10.9 Å². The Morgan fingerprint density at radius 3 is 3.00 bits per heavy atom. The molecule has 1 atom stereocenters. The predicted octanol–water partition coefficient (Wildman–Crippen LogP) is -0.269. The minimum absolute atomic E-state index is 0.0620. The van der Waals surface area contributed by atoms with Crippen molar-refractivity contribution in [1.29, 1.82) is 0 Å². The van der Waals surface area contributed by atoms with Crippen LogP contribution in [0.25, 0.3) is 0 Å². The van der Waals surface area contributed by atoms with Crippen LogP contribution in [0.4, 0.5) is 0 Å². The topological polar surface area (TPSA) is 113 Å². The highest BCUT2D eigenvalue weighted by atomic mass is 16.4. The molecule has 1 unspecified atom stereocenters. The number of carbonyl (C=O) groups is 1. The molecule has 0 spiro atoms. The van der Waals surface area contributed by atoms with Gasteiger partial charge in [0.05, 0.1) is 6.20 Å². The third kappa shape index (κ3) is 3.52. The van der Waals surface area contributed by atoms with Gasteiger partial charge in [-0.1, -0.05) is 5.16 Å². The maximum absolute atomic E-state index is 11.6. The van der Waals surface area contributed by atoms with E-state index in [1.54, 1.807) is 6.92 Å². The monoisotopic (exact) mass is 223 g/mol. The van der Waals surface area contributed by atoms with E-state index in [-0.39, 0.29) is 29.9 Å². The molecule has 0 radical (unpaired) electrons. The largest absolute Gasteiger partial charge is 0.409 e. The molecule has 0 saturated heterocycles. The Hall–Kier alpha value is -2.18. The fourth-order valence-electron chi connectivity index (χ4n) is 1.12. The van der Waals surface area contributed by atoms with E-state index in [1.807, 2.05) is 0 Å². The highest BCUT2D eigenvalue weighted by molar-refractivity contribution is 5.92. The van der Waals surface area contributed by atoms with Crippen LogP contribution < -0.4 is 11.1 Å². The van der Waals surface area contributed by atoms with Crippen LogP contribution in [0.2, 0.25) is 0 Å². The number of nitrogens with zero attached hydrogens (tertiary/aromatic N) is 3. The maximum atomic E-state index is 11.6. The number of carbonyl (C=O) groups excluding carboxylic acids is 1. The molecule has 16 heavy (non-hydrogen) atoms. The first-order chi connectivity index (χ1) is 7.63. The number of amides is 1. The van der Waals surface area contributed by atoms with Crippen LogP contribution >= 0.6 is 0 Å². The lowest BCUT2D eigenvalue weighted by Crippen LogP contribution is -2.36. The van der Waals surface area contributed by atoms with Crippen molar-refractivity contribution in [3.63, 3.8) is 0 Å². The molecule has 0 aliphatic rings. The predicted molar refractivity (Wildman–Crippen MR) is 57.0 cm³/mol. The van der Waals surface area contributed by atoms with Crippen molar-refractivity contribution in [3.05, 3.63) is 24.3 Å². The van der Waals surface area contributed by atoms with E-state index in [4.69, 9.17) is 10.9 Å². The van der Waals surface area contributed by atoms with Crippen LogP contribution in [0.3, 0.4) is 0 Å². The van der Waals surface area contributed by atoms with Crippen molar-refractivity contribution in [2.75, 3.05) is 0 Å². The summed E-state index contributed by atoms with van der Waals surface area (Å²) in [4.78, 5) is 19.2. The second-order valence-corrected chi connectivity index (χ2v) is 3.26. The van der Waals surface area contributed by atoms with Gasteiger partial charge in [0.2, 0.25) is 0 Å². The zero-order valence-corrected chi connectivity index (χ0v) is 8.79. The van der Waals surface area contributed by atoms with Gasteiger partial charge in [0, 0.05) is 24.9 Å². The molecule has 7 heteroatoms. The molecule has 0 fully saturated rings. The highest BCUT2D eigenvalue weighted by Crippen LogP contribution is 1.95. The average Bonchev–Trinajstić information content (AvgIpc) is 2.29. The maximum Gasteiger partial charge on any atom is 0.271 e. The van der Waals surface area contributed by atoms with Crippen LogP contribution in [0, 0.1) is 0 Å². The molecule has 86 valence electrons. The fraction of sp³-hybridized carbons (Fsp3) is 0.333. The molecule has 0 saturated carbocycles. The van der Waals surface area contributed by atoms with Gasteiger partial charge in [0.1, 0.15) is 11.5 Å². The normalized spacial score (nSPS) is 13.2. The molecule has 7 nitrogen and oxygen atoms in total. The van der Waals surface area contributed by atoms with Gasteiger partial charge in [-0.05, 0) is 6.92 Å². The van der Waals surface area contributed by atoms with Crippen LogP contribution in [-0.4, -0.2) is 33.0 Å². The third-order valence-corrected chi connectivity index (χ3v) is 1.82. The van der Waals surface area contributed by atoms with Crippen LogP contribution in [-0.2, 0) is 0 Å². The van der Waals surface area contributed by atoms with Crippen LogP contribution in [0.15, 0.2) is 23.7 Å². The number of oxime groups is 1. The number of hydrogen-bond acceptors (Lipinski definition) is 5. The van der Waals surface area contributed by atoms with Crippen molar-refractivity contribution in [3.8, 4) is 0 Å². The van der Waals surface area contributed by atoms with Crippen LogP contribution in [0.5, 0.6) is 0 Å². The summed E-state index contributed by atoms with van der Waals surface area (Å²) in [7, 11) is 0. The number of rotatable bonds is 4. The van der Waals surface area contributed by atoms with E-state index in [0.717, 1.165) is 0 Å². The quantitative estimate of drug-likeness (QED) is 0.281. The van der Waals surface area contributed by atoms with Crippen molar-refractivity contribution in [1.82, 2.24) is 15.3 Å². The first kappa shape index (κ1) is 11.9. The fourth-order valence-corrected chi connectivity index (χ4v) is 1.12. The second kappa shape index (κ2) is 5.64. The van der Waals surface area contributed by atoms with Gasteiger partial charge >= 0.3 is 0 Å². The Morgan fingerprint density at radius 2 is 2.44 bits per heavy atom. The summed E-state index contributed by atoms with van der Waals surface area (Å²) < 4.78 is 0. The van der Waals surface area contributed by atoms with Gasteiger partial charge in [-0.15, -0.1) is 0 Å². The molecule has 1 aromatic heterocycles. The van der Waals surface area contributed by atoms with Gasteiger partial charge in [0.15, 0.2) is 0 Å². The number of hydrogen-bond donors (Lipinski definition) is 3. The summed E-state index contributed by atoms with van der Waals surface area (Å²) in [5.41, 5.74) is 5.54. The van der Waals surface area contributed by atoms with E-state index < -0.39 is 0 Å². The number of nitrogens with two attached hydrogens (primary N) is 1. The third-order valence-electron chi connectivity index (χ3n) is 1.82. The molecule has 0 aliphatic carbocycles. The smallest absolute Gasteiger partial charge is 0.271 e. The molecule has 0 aromatic carbocycles. The zero-order valence-electron chi connectivity index (χ0n) is 8.79. The molecule has 0 aliphatic heterocycles. The standard InChI is InChI=1S/C9H13N5O2/c1-6(4-8(10)14-16)13-9(15)7-5-11-2-3-12-7/h2-3,5-6,16H,4H2,1H3,(H2,10,14)(H,13,15). The lowest BCUT2D eigenvalue weighted by Gasteiger charge is -2.11. The molecule has 1 heterocycles. The highest BCUT2D eigenvalue weighted by Gasteiger charge is 2.11. The summed E-state index contributed by atoms with van der Waals surface area (Å²) >= 11 is 0. The van der Waals surface area contributed by atoms with Crippen molar-refractivity contribution in [2.45, 2.75) is 19.4 Å². The number of nitrogens with one attached hydrogen (secondary N) is 1. The number of amidine groups is 1. The Balaban J connectivity index is 2.52. The van der Waals surface area contributed by atoms with Crippen LogP contribution in [0.1, 0.15) is 23.8 Å².